The Morgan fingerprint density at radius 3 is 2.62 bits per heavy atom. The molecule has 0 saturated carbocycles. The smallest absolute Gasteiger partial charge is 0.266 e. The topological polar surface area (TPSA) is 105 Å². The van der Waals surface area contributed by atoms with E-state index in [1.54, 1.807) is 38.4 Å². The van der Waals surface area contributed by atoms with Gasteiger partial charge in [-0.25, -0.2) is 0 Å². The van der Waals surface area contributed by atoms with Crippen LogP contribution in [-0.4, -0.2) is 43.7 Å². The maximum atomic E-state index is 12.8. The largest absolute Gasteiger partial charge is 0.493 e. The molecule has 3 rings (SSSR count). The number of rotatable bonds is 6. The zero-order chi connectivity index (χ0) is 21.0. The minimum atomic E-state index is -0.383. The Morgan fingerprint density at radius 1 is 1.21 bits per heavy atom. The third kappa shape index (κ3) is 4.04. The zero-order valence-corrected chi connectivity index (χ0v) is 16.7. The van der Waals surface area contributed by atoms with Gasteiger partial charge in [-0.15, -0.1) is 0 Å². The molecule has 8 nitrogen and oxygen atoms in total. The fraction of sp³-hybridized carbons (Fsp3) is 0.381. The highest BCUT2D eigenvalue weighted by Crippen LogP contribution is 2.40. The molecule has 2 aromatic rings. The molecule has 0 spiro atoms. The SMILES string of the molecule is COc1ccc(CCC(=O)N2CCc3[nH]c(=O)c(C#N)cc3C2)c(OC)c1OC. The molecule has 1 N–H and O–H groups in total. The van der Waals surface area contributed by atoms with Crippen LogP contribution >= 0.6 is 0 Å². The Morgan fingerprint density at radius 2 is 1.97 bits per heavy atom. The third-order valence-electron chi connectivity index (χ3n) is 5.08. The number of carbonyl (C=O) groups is 1. The molecule has 0 saturated heterocycles. The van der Waals surface area contributed by atoms with Crippen molar-refractivity contribution in [3.63, 3.8) is 0 Å². The number of H-pyrrole nitrogens is 1. The second kappa shape index (κ2) is 8.69. The van der Waals surface area contributed by atoms with Crippen LogP contribution in [0.2, 0.25) is 0 Å². The molecule has 1 aromatic heterocycles. The van der Waals surface area contributed by atoms with Crippen LogP contribution in [0.15, 0.2) is 23.0 Å². The first kappa shape index (κ1) is 20.3. The highest BCUT2D eigenvalue weighted by atomic mass is 16.5. The molecule has 8 heteroatoms. The van der Waals surface area contributed by atoms with Crippen molar-refractivity contribution in [1.29, 1.82) is 5.26 Å². The maximum Gasteiger partial charge on any atom is 0.266 e. The Kier molecular flexibility index (Phi) is 6.07. The van der Waals surface area contributed by atoms with Crippen LogP contribution in [0.25, 0.3) is 0 Å². The summed E-state index contributed by atoms with van der Waals surface area (Å²) in [6.45, 7) is 0.902. The fourth-order valence-electron chi connectivity index (χ4n) is 3.56. The van der Waals surface area contributed by atoms with E-state index in [1.165, 1.54) is 0 Å². The van der Waals surface area contributed by atoms with Crippen LogP contribution in [0.3, 0.4) is 0 Å². The second-order valence-electron chi connectivity index (χ2n) is 6.69. The van der Waals surface area contributed by atoms with Crippen molar-refractivity contribution >= 4 is 5.91 Å². The molecule has 0 bridgehead atoms. The minimum Gasteiger partial charge on any atom is -0.493 e. The van der Waals surface area contributed by atoms with Gasteiger partial charge in [-0.1, -0.05) is 6.07 Å². The number of benzene rings is 1. The molecule has 0 unspecified atom stereocenters. The van der Waals surface area contributed by atoms with Gasteiger partial charge in [-0.2, -0.15) is 5.26 Å². The molecule has 29 heavy (non-hydrogen) atoms. The molecule has 152 valence electrons. The average molecular weight is 397 g/mol. The molecule has 1 aliphatic rings. The molecule has 1 aromatic carbocycles. The number of pyridine rings is 1. The first-order valence-electron chi connectivity index (χ1n) is 9.23. The molecule has 1 aliphatic heterocycles. The van der Waals surface area contributed by atoms with E-state index in [-0.39, 0.29) is 17.0 Å². The van der Waals surface area contributed by atoms with Gasteiger partial charge in [-0.3, -0.25) is 9.59 Å². The summed E-state index contributed by atoms with van der Waals surface area (Å²) in [5.74, 6) is 1.62. The number of hydrogen-bond acceptors (Lipinski definition) is 6. The first-order valence-corrected chi connectivity index (χ1v) is 9.23. The predicted molar refractivity (Wildman–Crippen MR) is 105 cm³/mol. The fourth-order valence-corrected chi connectivity index (χ4v) is 3.56. The van der Waals surface area contributed by atoms with E-state index >= 15 is 0 Å². The average Bonchev–Trinajstić information content (AvgIpc) is 2.75. The van der Waals surface area contributed by atoms with Gasteiger partial charge in [0.05, 0.1) is 21.3 Å². The predicted octanol–water partition coefficient (Wildman–Crippen LogP) is 1.79. The summed E-state index contributed by atoms with van der Waals surface area (Å²) < 4.78 is 16.2. The quantitative estimate of drug-likeness (QED) is 0.797. The van der Waals surface area contributed by atoms with Crippen LogP contribution in [0.5, 0.6) is 17.2 Å². The number of ether oxygens (including phenoxy) is 3. The lowest BCUT2D eigenvalue weighted by molar-refractivity contribution is -0.132. The van der Waals surface area contributed by atoms with E-state index in [1.807, 2.05) is 12.1 Å². The number of aryl methyl sites for hydroxylation is 1. The maximum absolute atomic E-state index is 12.8. The van der Waals surface area contributed by atoms with Crippen LogP contribution in [-0.2, 0) is 24.2 Å². The van der Waals surface area contributed by atoms with Gasteiger partial charge in [-0.05, 0) is 29.7 Å². The number of hydrogen-bond donors (Lipinski definition) is 1. The van der Waals surface area contributed by atoms with Gasteiger partial charge >= 0.3 is 0 Å². The molecule has 0 fully saturated rings. The van der Waals surface area contributed by atoms with Gasteiger partial charge in [0.25, 0.3) is 5.56 Å². The molecule has 0 radical (unpaired) electrons. The van der Waals surface area contributed by atoms with Gasteiger partial charge < -0.3 is 24.1 Å². The van der Waals surface area contributed by atoms with E-state index in [2.05, 4.69) is 4.98 Å². The molecule has 0 aliphatic carbocycles. The first-order chi connectivity index (χ1) is 14.0. The van der Waals surface area contributed by atoms with Crippen molar-refractivity contribution in [2.75, 3.05) is 27.9 Å². The summed E-state index contributed by atoms with van der Waals surface area (Å²) >= 11 is 0. The Labute approximate surface area is 168 Å². The Balaban J connectivity index is 1.72. The molecule has 2 heterocycles. The van der Waals surface area contributed by atoms with Crippen LogP contribution in [0, 0.1) is 11.3 Å². The highest BCUT2D eigenvalue weighted by molar-refractivity contribution is 5.77. The number of amides is 1. The van der Waals surface area contributed by atoms with E-state index in [0.717, 1.165) is 16.8 Å². The number of aromatic amines is 1. The number of aromatic nitrogens is 1. The van der Waals surface area contributed by atoms with E-state index < -0.39 is 0 Å². The number of nitriles is 1. The van der Waals surface area contributed by atoms with Crippen molar-refractivity contribution in [3.8, 4) is 23.3 Å². The number of nitrogens with zero attached hydrogens (tertiary/aromatic N) is 2. The highest BCUT2D eigenvalue weighted by Gasteiger charge is 2.23. The number of fused-ring (bicyclic) bond motifs is 1. The summed E-state index contributed by atoms with van der Waals surface area (Å²) in [7, 11) is 4.65. The molecular formula is C21H23N3O5. The van der Waals surface area contributed by atoms with Crippen LogP contribution < -0.4 is 19.8 Å². The summed E-state index contributed by atoms with van der Waals surface area (Å²) in [5, 5.41) is 9.05. The van der Waals surface area contributed by atoms with Crippen molar-refractivity contribution in [2.24, 2.45) is 0 Å². The van der Waals surface area contributed by atoms with Crippen molar-refractivity contribution in [1.82, 2.24) is 9.88 Å². The van der Waals surface area contributed by atoms with Crippen molar-refractivity contribution in [2.45, 2.75) is 25.8 Å². The lowest BCUT2D eigenvalue weighted by Gasteiger charge is -2.28. The molecular weight excluding hydrogens is 374 g/mol. The normalized spacial score (nSPS) is 12.7. The minimum absolute atomic E-state index is 0.00260. The monoisotopic (exact) mass is 397 g/mol. The van der Waals surface area contributed by atoms with Crippen molar-refractivity contribution in [3.05, 3.63) is 50.9 Å². The lowest BCUT2D eigenvalue weighted by Crippen LogP contribution is -2.37. The third-order valence-corrected chi connectivity index (χ3v) is 5.08. The summed E-state index contributed by atoms with van der Waals surface area (Å²) in [5.41, 5.74) is 2.13. The van der Waals surface area contributed by atoms with Crippen LogP contribution in [0.1, 0.15) is 28.8 Å². The summed E-state index contributed by atoms with van der Waals surface area (Å²) in [6, 6.07) is 7.11. The zero-order valence-electron chi connectivity index (χ0n) is 16.7. The number of methoxy groups -OCH3 is 3. The van der Waals surface area contributed by atoms with Gasteiger partial charge in [0, 0.05) is 31.6 Å². The Bertz CT molecular complexity index is 1020. The number of carbonyl (C=O) groups excluding carboxylic acids is 1. The summed E-state index contributed by atoms with van der Waals surface area (Å²) in [4.78, 5) is 29.0. The lowest BCUT2D eigenvalue weighted by atomic mass is 10.0. The van der Waals surface area contributed by atoms with E-state index in [9.17, 15) is 9.59 Å². The summed E-state index contributed by atoms with van der Waals surface area (Å²) in [6.07, 6.45) is 1.35. The number of nitrogens with one attached hydrogen (secondary N) is 1. The standard InChI is InChI=1S/C21H23N3O5/c1-27-17-6-4-13(19(28-2)20(17)29-3)5-7-18(25)24-9-8-16-15(12-24)10-14(11-22)21(26)23-16/h4,6,10H,5,7-9,12H2,1-3H3,(H,23,26). The van der Waals surface area contributed by atoms with Gasteiger partial charge in [0.15, 0.2) is 11.5 Å². The van der Waals surface area contributed by atoms with Gasteiger partial charge in [0.1, 0.15) is 11.6 Å². The molecule has 0 atom stereocenters. The molecule has 1 amide bonds. The van der Waals surface area contributed by atoms with Crippen molar-refractivity contribution < 1.29 is 19.0 Å². The van der Waals surface area contributed by atoms with Crippen LogP contribution in [0.4, 0.5) is 0 Å². The van der Waals surface area contributed by atoms with E-state index in [4.69, 9.17) is 19.5 Å². The van der Waals surface area contributed by atoms with E-state index in [0.29, 0.717) is 49.6 Å². The Hall–Kier alpha value is -3.47. The second-order valence-corrected chi connectivity index (χ2v) is 6.69. The van der Waals surface area contributed by atoms with Gasteiger partial charge in [0.2, 0.25) is 11.7 Å².